The lowest BCUT2D eigenvalue weighted by atomic mass is 10.0. The second-order valence-corrected chi connectivity index (χ2v) is 7.47. The molecule has 8 nitrogen and oxygen atoms in total. The van der Waals surface area contributed by atoms with Crippen LogP contribution in [0.3, 0.4) is 0 Å². The molecular weight excluding hydrogens is 390 g/mol. The van der Waals surface area contributed by atoms with Crippen molar-refractivity contribution in [1.82, 2.24) is 34.7 Å². The first-order valence-electron chi connectivity index (χ1n) is 9.77. The molecule has 0 radical (unpaired) electrons. The van der Waals surface area contributed by atoms with Crippen molar-refractivity contribution in [2.24, 2.45) is 0 Å². The van der Waals surface area contributed by atoms with Crippen molar-refractivity contribution in [3.8, 4) is 34.1 Å². The largest absolute Gasteiger partial charge is 0.506 e. The van der Waals surface area contributed by atoms with E-state index in [9.17, 15) is 5.11 Å². The summed E-state index contributed by atoms with van der Waals surface area (Å²) in [5, 5.41) is 19.4. The van der Waals surface area contributed by atoms with Gasteiger partial charge in [-0.25, -0.2) is 9.97 Å². The van der Waals surface area contributed by atoms with Crippen LogP contribution in [0.4, 0.5) is 0 Å². The lowest BCUT2D eigenvalue weighted by Gasteiger charge is -2.02. The summed E-state index contributed by atoms with van der Waals surface area (Å²) >= 11 is 0. The van der Waals surface area contributed by atoms with Crippen molar-refractivity contribution in [2.45, 2.75) is 6.92 Å². The average Bonchev–Trinajstić information content (AvgIpc) is 3.50. The van der Waals surface area contributed by atoms with Gasteiger partial charge >= 0.3 is 0 Å². The van der Waals surface area contributed by atoms with Crippen molar-refractivity contribution in [3.63, 3.8) is 0 Å². The van der Waals surface area contributed by atoms with Gasteiger partial charge in [-0.3, -0.25) is 14.6 Å². The molecule has 5 aromatic heterocycles. The summed E-state index contributed by atoms with van der Waals surface area (Å²) < 4.78 is 1.92. The van der Waals surface area contributed by atoms with Gasteiger partial charge in [0.25, 0.3) is 0 Å². The number of hydrogen-bond acceptors (Lipinski definition) is 5. The van der Waals surface area contributed by atoms with E-state index in [0.717, 1.165) is 55.8 Å². The number of aryl methyl sites for hydroxylation is 1. The molecule has 0 aliphatic heterocycles. The molecule has 0 aliphatic rings. The van der Waals surface area contributed by atoms with Crippen LogP contribution in [-0.4, -0.2) is 39.8 Å². The van der Waals surface area contributed by atoms with Crippen LogP contribution in [0.5, 0.6) is 5.75 Å². The highest BCUT2D eigenvalue weighted by atomic mass is 16.3. The summed E-state index contributed by atoms with van der Waals surface area (Å²) in [6.45, 7) is 1.95. The van der Waals surface area contributed by atoms with Gasteiger partial charge in [0.05, 0.1) is 28.6 Å². The second kappa shape index (κ2) is 6.53. The SMILES string of the molecule is Cc1cn(-c2nccc3[nH]c(-c4n[nH]c5ccc(-c6cncc(O)c6)cc45)cc23)cn1. The summed E-state index contributed by atoms with van der Waals surface area (Å²) in [5.41, 5.74) is 6.32. The molecule has 0 saturated carbocycles. The Balaban J connectivity index is 1.51. The van der Waals surface area contributed by atoms with Gasteiger partial charge in [-0.1, -0.05) is 6.07 Å². The van der Waals surface area contributed by atoms with E-state index in [2.05, 4.69) is 42.3 Å². The van der Waals surface area contributed by atoms with E-state index < -0.39 is 0 Å². The molecule has 6 rings (SSSR count). The molecule has 0 amide bonds. The zero-order chi connectivity index (χ0) is 20.9. The number of rotatable bonds is 3. The van der Waals surface area contributed by atoms with E-state index in [1.807, 2.05) is 35.9 Å². The molecule has 31 heavy (non-hydrogen) atoms. The Labute approximate surface area is 176 Å². The molecule has 0 saturated heterocycles. The Hall–Kier alpha value is -4.46. The first kappa shape index (κ1) is 17.4. The third-order valence-corrected chi connectivity index (χ3v) is 5.36. The number of imidazole rings is 1. The number of nitrogens with one attached hydrogen (secondary N) is 2. The number of nitrogens with zero attached hydrogens (tertiary/aromatic N) is 5. The van der Waals surface area contributed by atoms with Crippen LogP contribution in [0.1, 0.15) is 5.69 Å². The molecule has 5 heterocycles. The van der Waals surface area contributed by atoms with E-state index >= 15 is 0 Å². The highest BCUT2D eigenvalue weighted by Gasteiger charge is 2.15. The lowest BCUT2D eigenvalue weighted by molar-refractivity contribution is 0.473. The first-order valence-corrected chi connectivity index (χ1v) is 9.77. The van der Waals surface area contributed by atoms with Crippen molar-refractivity contribution < 1.29 is 5.11 Å². The Morgan fingerprint density at radius 3 is 2.71 bits per heavy atom. The summed E-state index contributed by atoms with van der Waals surface area (Å²) in [6.07, 6.45) is 8.65. The number of fused-ring (bicyclic) bond motifs is 2. The van der Waals surface area contributed by atoms with Gasteiger partial charge in [0.15, 0.2) is 0 Å². The summed E-state index contributed by atoms with van der Waals surface area (Å²) in [7, 11) is 0. The number of benzene rings is 1. The summed E-state index contributed by atoms with van der Waals surface area (Å²) in [5.74, 6) is 0.947. The molecule has 8 heteroatoms. The van der Waals surface area contributed by atoms with Crippen LogP contribution >= 0.6 is 0 Å². The van der Waals surface area contributed by atoms with E-state index in [1.165, 1.54) is 6.20 Å². The van der Waals surface area contributed by atoms with Gasteiger partial charge in [0, 0.05) is 34.9 Å². The van der Waals surface area contributed by atoms with Gasteiger partial charge < -0.3 is 10.1 Å². The van der Waals surface area contributed by atoms with Crippen LogP contribution in [0.15, 0.2) is 67.5 Å². The van der Waals surface area contributed by atoms with E-state index in [0.29, 0.717) is 0 Å². The summed E-state index contributed by atoms with van der Waals surface area (Å²) in [4.78, 5) is 16.4. The van der Waals surface area contributed by atoms with Gasteiger partial charge in [0.2, 0.25) is 0 Å². The normalized spacial score (nSPS) is 11.5. The van der Waals surface area contributed by atoms with Crippen LogP contribution in [0.2, 0.25) is 0 Å². The van der Waals surface area contributed by atoms with Crippen LogP contribution in [0, 0.1) is 6.92 Å². The second-order valence-electron chi connectivity index (χ2n) is 7.47. The fourth-order valence-electron chi connectivity index (χ4n) is 3.89. The minimum absolute atomic E-state index is 0.135. The highest BCUT2D eigenvalue weighted by molar-refractivity contribution is 5.98. The highest BCUT2D eigenvalue weighted by Crippen LogP contribution is 2.33. The molecule has 3 N–H and O–H groups in total. The molecule has 1 aromatic carbocycles. The van der Waals surface area contributed by atoms with Crippen LogP contribution < -0.4 is 0 Å². The van der Waals surface area contributed by atoms with Crippen molar-refractivity contribution >= 4 is 21.8 Å². The third kappa shape index (κ3) is 2.84. The van der Waals surface area contributed by atoms with E-state index in [1.54, 1.807) is 24.8 Å². The lowest BCUT2D eigenvalue weighted by Crippen LogP contribution is -1.94. The Morgan fingerprint density at radius 1 is 0.935 bits per heavy atom. The maximum absolute atomic E-state index is 9.78. The average molecular weight is 407 g/mol. The van der Waals surface area contributed by atoms with Gasteiger partial charge in [0.1, 0.15) is 23.6 Å². The fraction of sp³-hybridized carbons (Fsp3) is 0.0435. The number of pyridine rings is 2. The fourth-order valence-corrected chi connectivity index (χ4v) is 3.89. The van der Waals surface area contributed by atoms with Gasteiger partial charge in [-0.2, -0.15) is 5.10 Å². The quantitative estimate of drug-likeness (QED) is 0.404. The Bertz CT molecular complexity index is 1570. The third-order valence-electron chi connectivity index (χ3n) is 5.36. The molecule has 150 valence electrons. The smallest absolute Gasteiger partial charge is 0.147 e. The van der Waals surface area contributed by atoms with Gasteiger partial charge in [-0.05, 0) is 42.8 Å². The number of H-pyrrole nitrogens is 2. The Morgan fingerprint density at radius 2 is 1.87 bits per heavy atom. The van der Waals surface area contributed by atoms with Crippen molar-refractivity contribution in [2.75, 3.05) is 0 Å². The zero-order valence-electron chi connectivity index (χ0n) is 16.5. The molecule has 0 spiro atoms. The molecule has 0 unspecified atom stereocenters. The van der Waals surface area contributed by atoms with E-state index in [-0.39, 0.29) is 5.75 Å². The molecule has 0 fully saturated rings. The minimum Gasteiger partial charge on any atom is -0.506 e. The molecule has 0 aliphatic carbocycles. The monoisotopic (exact) mass is 407 g/mol. The van der Waals surface area contributed by atoms with Gasteiger partial charge in [-0.15, -0.1) is 0 Å². The van der Waals surface area contributed by atoms with Crippen molar-refractivity contribution in [3.05, 3.63) is 73.2 Å². The maximum Gasteiger partial charge on any atom is 0.147 e. The maximum atomic E-state index is 9.78. The standard InChI is InChI=1S/C23H17N7O/c1-13-11-30(12-26-13)23-18-8-21(27-19(18)4-5-25-23)22-17-7-14(2-3-20(17)28-29-22)15-6-16(31)10-24-9-15/h2-12,27,31H,1H3,(H,28,29). The summed E-state index contributed by atoms with van der Waals surface area (Å²) in [6, 6.07) is 11.7. The number of aromatic hydroxyl groups is 1. The molecule has 0 atom stereocenters. The number of hydrogen-bond donors (Lipinski definition) is 3. The minimum atomic E-state index is 0.135. The van der Waals surface area contributed by atoms with E-state index in [4.69, 9.17) is 0 Å². The zero-order valence-corrected chi connectivity index (χ0v) is 16.5. The topological polar surface area (TPSA) is 108 Å². The van der Waals surface area contributed by atoms with Crippen molar-refractivity contribution in [1.29, 1.82) is 0 Å². The predicted molar refractivity (Wildman–Crippen MR) is 118 cm³/mol. The van der Waals surface area contributed by atoms with Crippen LogP contribution in [-0.2, 0) is 0 Å². The molecule has 0 bridgehead atoms. The number of aromatic nitrogens is 7. The Kier molecular flexibility index (Phi) is 3.66. The van der Waals surface area contributed by atoms with Crippen LogP contribution in [0.25, 0.3) is 50.1 Å². The number of aromatic amines is 2. The predicted octanol–water partition coefficient (Wildman–Crippen LogP) is 4.37. The molecular formula is C23H17N7O. The first-order chi connectivity index (χ1) is 15.2. The molecule has 6 aromatic rings.